The van der Waals surface area contributed by atoms with Gasteiger partial charge in [0.25, 0.3) is 0 Å². The van der Waals surface area contributed by atoms with E-state index in [1.54, 1.807) is 12.1 Å². The Morgan fingerprint density at radius 3 is 2.41 bits per heavy atom. The number of H-pyrrole nitrogens is 1. The maximum atomic E-state index is 11.2. The summed E-state index contributed by atoms with van der Waals surface area (Å²) in [7, 11) is 0. The Morgan fingerprint density at radius 2 is 1.78 bits per heavy atom. The van der Waals surface area contributed by atoms with Crippen LogP contribution in [0.4, 0.5) is 0 Å². The number of aromatic amines is 1. The van der Waals surface area contributed by atoms with E-state index in [0.717, 1.165) is 42.2 Å². The number of primary amides is 1. The molecule has 1 amide bonds. The second-order valence-electron chi connectivity index (χ2n) is 6.29. The highest BCUT2D eigenvalue weighted by atomic mass is 35.5. The van der Waals surface area contributed by atoms with Crippen LogP contribution in [0.2, 0.25) is 0 Å². The minimum Gasteiger partial charge on any atom is -0.371 e. The number of morpholine rings is 1. The second-order valence-corrected chi connectivity index (χ2v) is 6.29. The lowest BCUT2D eigenvalue weighted by molar-refractivity contribution is 0.0277. The van der Waals surface area contributed by atoms with Gasteiger partial charge < -0.3 is 15.8 Å². The van der Waals surface area contributed by atoms with Crippen LogP contribution in [-0.4, -0.2) is 35.8 Å². The Kier molecular flexibility index (Phi) is 5.91. The molecule has 1 aliphatic rings. The highest BCUT2D eigenvalue weighted by molar-refractivity contribution is 5.93. The summed E-state index contributed by atoms with van der Waals surface area (Å²) >= 11 is 0. The predicted octanol–water partition coefficient (Wildman–Crippen LogP) is 2.93. The molecule has 1 unspecified atom stereocenters. The van der Waals surface area contributed by atoms with E-state index in [9.17, 15) is 4.79 Å². The lowest BCUT2D eigenvalue weighted by Gasteiger charge is -2.24. The van der Waals surface area contributed by atoms with Crippen LogP contribution >= 0.6 is 12.4 Å². The van der Waals surface area contributed by atoms with E-state index >= 15 is 0 Å². The number of carbonyl (C=O) groups is 1. The number of ether oxygens (including phenoxy) is 1. The Labute approximate surface area is 163 Å². The van der Waals surface area contributed by atoms with E-state index in [2.05, 4.69) is 39.8 Å². The molecule has 4 rings (SSSR count). The summed E-state index contributed by atoms with van der Waals surface area (Å²) in [6, 6.07) is 17.4. The number of aromatic nitrogens is 2. The van der Waals surface area contributed by atoms with Crippen molar-refractivity contribution < 1.29 is 9.53 Å². The fourth-order valence-corrected chi connectivity index (χ4v) is 3.08. The van der Waals surface area contributed by atoms with Crippen LogP contribution in [0.1, 0.15) is 22.0 Å². The van der Waals surface area contributed by atoms with E-state index in [1.807, 2.05) is 18.2 Å². The van der Waals surface area contributed by atoms with Gasteiger partial charge in [-0.05, 0) is 29.3 Å². The predicted molar refractivity (Wildman–Crippen MR) is 107 cm³/mol. The van der Waals surface area contributed by atoms with Gasteiger partial charge in [-0.2, -0.15) is 5.10 Å². The van der Waals surface area contributed by atoms with E-state index in [1.165, 1.54) is 5.56 Å². The van der Waals surface area contributed by atoms with Crippen molar-refractivity contribution in [2.45, 2.75) is 6.10 Å². The van der Waals surface area contributed by atoms with Crippen LogP contribution < -0.4 is 11.1 Å². The normalized spacial score (nSPS) is 16.5. The molecule has 1 aromatic heterocycles. The molecule has 6 nitrogen and oxygen atoms in total. The molecule has 1 fully saturated rings. The van der Waals surface area contributed by atoms with Gasteiger partial charge in [0.05, 0.1) is 24.1 Å². The summed E-state index contributed by atoms with van der Waals surface area (Å²) in [4.78, 5) is 11.2. The molecule has 2 heterocycles. The standard InChI is InChI=1S/C20H20N4O2.ClH/c21-20(25)16-7-3-14(4-8-16)18-11-17(23-24-18)13-1-5-15(6-2-13)19-12-22-9-10-26-19;/h1-8,11,19,22H,9-10,12H2,(H2,21,25)(H,23,24);1H. The third kappa shape index (κ3) is 4.19. The van der Waals surface area contributed by atoms with Crippen molar-refractivity contribution in [2.24, 2.45) is 5.73 Å². The lowest BCUT2D eigenvalue weighted by atomic mass is 10.0. The quantitative estimate of drug-likeness (QED) is 0.644. The molecule has 0 saturated carbocycles. The zero-order valence-corrected chi connectivity index (χ0v) is 15.5. The molecule has 27 heavy (non-hydrogen) atoms. The SMILES string of the molecule is Cl.NC(=O)c1ccc(-c2cc(-c3ccc(C4CNCCO4)cc3)n[nH]2)cc1. The summed E-state index contributed by atoms with van der Waals surface area (Å²) in [5, 5.41) is 10.8. The smallest absolute Gasteiger partial charge is 0.248 e. The van der Waals surface area contributed by atoms with Crippen molar-refractivity contribution in [3.05, 3.63) is 65.7 Å². The van der Waals surface area contributed by atoms with Gasteiger partial charge in [0.1, 0.15) is 0 Å². The molecule has 0 radical (unpaired) electrons. The Balaban J connectivity index is 0.00000210. The number of nitrogens with two attached hydrogens (primary N) is 1. The fourth-order valence-electron chi connectivity index (χ4n) is 3.08. The first-order valence-corrected chi connectivity index (χ1v) is 8.59. The van der Waals surface area contributed by atoms with Gasteiger partial charge in [-0.25, -0.2) is 0 Å². The zero-order valence-electron chi connectivity index (χ0n) is 14.6. The molecule has 1 saturated heterocycles. The van der Waals surface area contributed by atoms with Crippen molar-refractivity contribution in [1.82, 2.24) is 15.5 Å². The maximum absolute atomic E-state index is 11.2. The molecule has 0 bridgehead atoms. The third-order valence-corrected chi connectivity index (χ3v) is 4.56. The van der Waals surface area contributed by atoms with Gasteiger partial charge >= 0.3 is 0 Å². The van der Waals surface area contributed by atoms with Crippen LogP contribution in [0.5, 0.6) is 0 Å². The topological polar surface area (TPSA) is 93.0 Å². The molecule has 140 valence electrons. The highest BCUT2D eigenvalue weighted by Crippen LogP contribution is 2.26. The second kappa shape index (κ2) is 8.35. The molecule has 7 heteroatoms. The van der Waals surface area contributed by atoms with Gasteiger partial charge in [0.15, 0.2) is 0 Å². The van der Waals surface area contributed by atoms with E-state index < -0.39 is 5.91 Å². The number of nitrogens with one attached hydrogen (secondary N) is 2. The lowest BCUT2D eigenvalue weighted by Crippen LogP contribution is -2.33. The van der Waals surface area contributed by atoms with Crippen molar-refractivity contribution >= 4 is 18.3 Å². The van der Waals surface area contributed by atoms with Crippen LogP contribution in [0.25, 0.3) is 22.5 Å². The molecule has 0 aliphatic carbocycles. The molecular formula is C20H21ClN4O2. The minimum atomic E-state index is -0.431. The van der Waals surface area contributed by atoms with Gasteiger partial charge in [-0.15, -0.1) is 12.4 Å². The average Bonchev–Trinajstić information content (AvgIpc) is 3.19. The summed E-state index contributed by atoms with van der Waals surface area (Å²) < 4.78 is 5.78. The Morgan fingerprint density at radius 1 is 1.07 bits per heavy atom. The largest absolute Gasteiger partial charge is 0.371 e. The number of rotatable bonds is 4. The fraction of sp³-hybridized carbons (Fsp3) is 0.200. The van der Waals surface area contributed by atoms with Crippen LogP contribution in [0.15, 0.2) is 54.6 Å². The maximum Gasteiger partial charge on any atom is 0.248 e. The number of nitrogens with zero attached hydrogens (tertiary/aromatic N) is 1. The molecule has 2 aromatic carbocycles. The number of amides is 1. The number of carbonyl (C=O) groups excluding carboxylic acids is 1. The first-order chi connectivity index (χ1) is 12.7. The monoisotopic (exact) mass is 384 g/mol. The van der Waals surface area contributed by atoms with Gasteiger partial charge in [0, 0.05) is 24.2 Å². The van der Waals surface area contributed by atoms with Crippen LogP contribution in [0, 0.1) is 0 Å². The molecule has 3 aromatic rings. The van der Waals surface area contributed by atoms with Gasteiger partial charge in [-0.1, -0.05) is 36.4 Å². The van der Waals surface area contributed by atoms with E-state index in [0.29, 0.717) is 5.56 Å². The Bertz CT molecular complexity index is 900. The third-order valence-electron chi connectivity index (χ3n) is 4.56. The molecule has 1 aliphatic heterocycles. The number of benzene rings is 2. The molecule has 1 atom stereocenters. The molecule has 0 spiro atoms. The van der Waals surface area contributed by atoms with Crippen LogP contribution in [-0.2, 0) is 4.74 Å². The van der Waals surface area contributed by atoms with Gasteiger partial charge in [0.2, 0.25) is 5.91 Å². The van der Waals surface area contributed by atoms with E-state index in [4.69, 9.17) is 10.5 Å². The summed E-state index contributed by atoms with van der Waals surface area (Å²) in [5.74, 6) is -0.431. The summed E-state index contributed by atoms with van der Waals surface area (Å²) in [5.41, 5.74) is 10.7. The minimum absolute atomic E-state index is 0. The first kappa shape index (κ1) is 19.1. The number of hydrogen-bond donors (Lipinski definition) is 3. The number of hydrogen-bond acceptors (Lipinski definition) is 4. The first-order valence-electron chi connectivity index (χ1n) is 8.59. The Hall–Kier alpha value is -2.67. The van der Waals surface area contributed by atoms with Crippen molar-refractivity contribution in [3.8, 4) is 22.5 Å². The highest BCUT2D eigenvalue weighted by Gasteiger charge is 2.15. The summed E-state index contributed by atoms with van der Waals surface area (Å²) in [6.07, 6.45) is 0.108. The van der Waals surface area contributed by atoms with Crippen molar-refractivity contribution in [1.29, 1.82) is 0 Å². The average molecular weight is 385 g/mol. The van der Waals surface area contributed by atoms with Crippen LogP contribution in [0.3, 0.4) is 0 Å². The van der Waals surface area contributed by atoms with E-state index in [-0.39, 0.29) is 18.5 Å². The van der Waals surface area contributed by atoms with Crippen molar-refractivity contribution in [3.63, 3.8) is 0 Å². The van der Waals surface area contributed by atoms with Crippen molar-refractivity contribution in [2.75, 3.05) is 19.7 Å². The molecular weight excluding hydrogens is 364 g/mol. The zero-order chi connectivity index (χ0) is 17.9. The number of halogens is 1. The molecule has 4 N–H and O–H groups in total. The summed E-state index contributed by atoms with van der Waals surface area (Å²) in [6.45, 7) is 2.49. The van der Waals surface area contributed by atoms with Gasteiger partial charge in [-0.3, -0.25) is 9.89 Å².